The van der Waals surface area contributed by atoms with Gasteiger partial charge in [0.25, 0.3) is 0 Å². The van der Waals surface area contributed by atoms with Crippen LogP contribution in [0.1, 0.15) is 15.9 Å². The van der Waals surface area contributed by atoms with Crippen LogP contribution in [0.4, 0.5) is 8.78 Å². The molecule has 2 aromatic carbocycles. The Balaban J connectivity index is 2.31. The molecular formula is C14H8Cl2F2O. The van der Waals surface area contributed by atoms with Crippen molar-refractivity contribution in [2.24, 2.45) is 0 Å². The number of benzene rings is 2. The van der Waals surface area contributed by atoms with E-state index >= 15 is 0 Å². The Morgan fingerprint density at radius 3 is 2.47 bits per heavy atom. The van der Waals surface area contributed by atoms with Gasteiger partial charge in [0.1, 0.15) is 0 Å². The quantitative estimate of drug-likeness (QED) is 0.751. The molecule has 0 radical (unpaired) electrons. The highest BCUT2D eigenvalue weighted by Crippen LogP contribution is 2.26. The molecule has 2 rings (SSSR count). The maximum atomic E-state index is 13.5. The van der Waals surface area contributed by atoms with Gasteiger partial charge in [-0.3, -0.25) is 4.79 Å². The van der Waals surface area contributed by atoms with E-state index in [0.717, 1.165) is 6.07 Å². The van der Waals surface area contributed by atoms with Gasteiger partial charge in [0.15, 0.2) is 17.4 Å². The van der Waals surface area contributed by atoms with Crippen molar-refractivity contribution >= 4 is 29.0 Å². The van der Waals surface area contributed by atoms with Gasteiger partial charge in [0.05, 0.1) is 15.6 Å². The zero-order valence-corrected chi connectivity index (χ0v) is 11.1. The average Bonchev–Trinajstić information content (AvgIpc) is 2.38. The van der Waals surface area contributed by atoms with Gasteiger partial charge in [0.2, 0.25) is 0 Å². The predicted octanol–water partition coefficient (Wildman–Crippen LogP) is 4.70. The topological polar surface area (TPSA) is 17.1 Å². The summed E-state index contributed by atoms with van der Waals surface area (Å²) in [6.07, 6.45) is -0.139. The van der Waals surface area contributed by atoms with Crippen molar-refractivity contribution in [3.63, 3.8) is 0 Å². The molecule has 19 heavy (non-hydrogen) atoms. The van der Waals surface area contributed by atoms with E-state index < -0.39 is 17.4 Å². The van der Waals surface area contributed by atoms with Crippen molar-refractivity contribution in [3.05, 3.63) is 69.2 Å². The predicted molar refractivity (Wildman–Crippen MR) is 70.9 cm³/mol. The van der Waals surface area contributed by atoms with Gasteiger partial charge in [0, 0.05) is 6.42 Å². The first kappa shape index (κ1) is 14.0. The summed E-state index contributed by atoms with van der Waals surface area (Å²) in [5.74, 6) is -2.75. The van der Waals surface area contributed by atoms with E-state index in [1.165, 1.54) is 12.1 Å². The van der Waals surface area contributed by atoms with Crippen LogP contribution < -0.4 is 0 Å². The average molecular weight is 301 g/mol. The van der Waals surface area contributed by atoms with Crippen molar-refractivity contribution in [2.75, 3.05) is 0 Å². The smallest absolute Gasteiger partial charge is 0.170 e. The van der Waals surface area contributed by atoms with Crippen molar-refractivity contribution in [2.45, 2.75) is 6.42 Å². The third-order valence-electron chi connectivity index (χ3n) is 2.63. The molecule has 98 valence electrons. The molecule has 0 aliphatic heterocycles. The first-order valence-electron chi connectivity index (χ1n) is 5.41. The Labute approximate surface area is 118 Å². The number of hydrogen-bond donors (Lipinski definition) is 0. The van der Waals surface area contributed by atoms with Crippen LogP contribution in [0.25, 0.3) is 0 Å². The first-order valence-corrected chi connectivity index (χ1v) is 6.16. The van der Waals surface area contributed by atoms with E-state index in [9.17, 15) is 13.6 Å². The summed E-state index contributed by atoms with van der Waals surface area (Å²) in [5, 5.41) is 0.556. The van der Waals surface area contributed by atoms with Gasteiger partial charge in [-0.05, 0) is 23.8 Å². The Morgan fingerprint density at radius 2 is 1.74 bits per heavy atom. The molecule has 2 aromatic rings. The van der Waals surface area contributed by atoms with Crippen molar-refractivity contribution in [1.29, 1.82) is 0 Å². The third kappa shape index (κ3) is 2.94. The maximum absolute atomic E-state index is 13.5. The van der Waals surface area contributed by atoms with Crippen LogP contribution in [0.5, 0.6) is 0 Å². The summed E-state index contributed by atoms with van der Waals surface area (Å²) in [4.78, 5) is 11.9. The minimum atomic E-state index is -1.15. The number of carbonyl (C=O) groups is 1. The molecule has 0 N–H and O–H groups in total. The lowest BCUT2D eigenvalue weighted by Gasteiger charge is -2.06. The highest BCUT2D eigenvalue weighted by Gasteiger charge is 2.17. The summed E-state index contributed by atoms with van der Waals surface area (Å²) in [6.45, 7) is 0. The second-order valence-corrected chi connectivity index (χ2v) is 4.70. The largest absolute Gasteiger partial charge is 0.294 e. The van der Waals surface area contributed by atoms with Gasteiger partial charge < -0.3 is 0 Å². The van der Waals surface area contributed by atoms with Gasteiger partial charge in [-0.15, -0.1) is 0 Å². The number of rotatable bonds is 3. The van der Waals surface area contributed by atoms with Crippen LogP contribution in [0.3, 0.4) is 0 Å². The number of ketones is 1. The highest BCUT2D eigenvalue weighted by atomic mass is 35.5. The summed E-state index contributed by atoms with van der Waals surface area (Å²) >= 11 is 11.8. The zero-order valence-electron chi connectivity index (χ0n) is 9.59. The first-order chi connectivity index (χ1) is 9.00. The molecule has 0 atom stereocenters. The molecule has 0 aliphatic rings. The monoisotopic (exact) mass is 300 g/mol. The van der Waals surface area contributed by atoms with Crippen molar-refractivity contribution in [3.8, 4) is 0 Å². The summed E-state index contributed by atoms with van der Waals surface area (Å²) in [7, 11) is 0. The SMILES string of the molecule is O=C(Cc1cccc(Cl)c1Cl)c1cccc(F)c1F. The third-order valence-corrected chi connectivity index (χ3v) is 3.49. The molecule has 0 bridgehead atoms. The molecule has 0 amide bonds. The Morgan fingerprint density at radius 1 is 1.05 bits per heavy atom. The molecule has 0 fully saturated rings. The molecule has 0 unspecified atom stereocenters. The van der Waals surface area contributed by atoms with E-state index in [2.05, 4.69) is 0 Å². The molecule has 0 aliphatic carbocycles. The van der Waals surface area contributed by atoms with Crippen LogP contribution in [0.2, 0.25) is 10.0 Å². The minimum Gasteiger partial charge on any atom is -0.294 e. The molecule has 0 spiro atoms. The minimum absolute atomic E-state index is 0.139. The summed E-state index contributed by atoms with van der Waals surface area (Å²) in [5.41, 5.74) is 0.180. The number of carbonyl (C=O) groups excluding carboxylic acids is 1. The van der Waals surface area contributed by atoms with Crippen molar-refractivity contribution in [1.82, 2.24) is 0 Å². The lowest BCUT2D eigenvalue weighted by atomic mass is 10.0. The van der Waals surface area contributed by atoms with Crippen LogP contribution in [0.15, 0.2) is 36.4 Å². The Bertz CT molecular complexity index is 641. The molecule has 0 aromatic heterocycles. The van der Waals surface area contributed by atoms with Gasteiger partial charge >= 0.3 is 0 Å². The highest BCUT2D eigenvalue weighted by molar-refractivity contribution is 6.42. The lowest BCUT2D eigenvalue weighted by Crippen LogP contribution is -2.08. The molecule has 1 nitrogen and oxygen atoms in total. The molecule has 5 heteroatoms. The van der Waals surface area contributed by atoms with E-state index in [-0.39, 0.29) is 17.0 Å². The fourth-order valence-electron chi connectivity index (χ4n) is 1.67. The normalized spacial score (nSPS) is 10.5. The lowest BCUT2D eigenvalue weighted by molar-refractivity contribution is 0.0988. The van der Waals surface area contributed by atoms with E-state index in [0.29, 0.717) is 10.6 Å². The fourth-order valence-corrected chi connectivity index (χ4v) is 2.06. The van der Waals surface area contributed by atoms with Crippen LogP contribution in [-0.2, 0) is 6.42 Å². The number of Topliss-reactive ketones (excluding diaryl/α,β-unsaturated/α-hetero) is 1. The summed E-state index contributed by atoms with van der Waals surface area (Å²) < 4.78 is 26.5. The zero-order chi connectivity index (χ0) is 14.0. The van der Waals surface area contributed by atoms with Gasteiger partial charge in [-0.25, -0.2) is 8.78 Å². The van der Waals surface area contributed by atoms with E-state index in [1.54, 1.807) is 18.2 Å². The molecule has 0 saturated carbocycles. The number of hydrogen-bond acceptors (Lipinski definition) is 1. The molecule has 0 heterocycles. The Hall–Kier alpha value is -1.45. The second kappa shape index (κ2) is 5.68. The van der Waals surface area contributed by atoms with Gasteiger partial charge in [-0.1, -0.05) is 41.4 Å². The summed E-state index contributed by atoms with van der Waals surface area (Å²) in [6, 6.07) is 8.31. The number of halogens is 4. The molecular weight excluding hydrogens is 293 g/mol. The standard InChI is InChI=1S/C14H8Cl2F2O/c15-10-5-1-3-8(13(10)16)7-12(19)9-4-2-6-11(17)14(9)18/h1-6H,7H2. The fraction of sp³-hybridized carbons (Fsp3) is 0.0714. The van der Waals surface area contributed by atoms with Crippen molar-refractivity contribution < 1.29 is 13.6 Å². The van der Waals surface area contributed by atoms with Crippen LogP contribution in [-0.4, -0.2) is 5.78 Å². The van der Waals surface area contributed by atoms with E-state index in [4.69, 9.17) is 23.2 Å². The van der Waals surface area contributed by atoms with Gasteiger partial charge in [-0.2, -0.15) is 0 Å². The van der Waals surface area contributed by atoms with Crippen LogP contribution >= 0.6 is 23.2 Å². The van der Waals surface area contributed by atoms with E-state index in [1.807, 2.05) is 0 Å². The maximum Gasteiger partial charge on any atom is 0.170 e. The Kier molecular flexibility index (Phi) is 4.17. The second-order valence-electron chi connectivity index (χ2n) is 3.91. The molecule has 0 saturated heterocycles. The van der Waals surface area contributed by atoms with Crippen LogP contribution in [0, 0.1) is 11.6 Å².